The number of aryl methyl sites for hydroxylation is 3. The van der Waals surface area contributed by atoms with E-state index in [0.717, 1.165) is 30.3 Å². The second-order valence-electron chi connectivity index (χ2n) is 6.59. The molecule has 0 amide bonds. The zero-order valence-corrected chi connectivity index (χ0v) is 14.4. The van der Waals surface area contributed by atoms with Crippen molar-refractivity contribution >= 4 is 17.5 Å². The van der Waals surface area contributed by atoms with Gasteiger partial charge in [-0.05, 0) is 56.9 Å². The summed E-state index contributed by atoms with van der Waals surface area (Å²) in [6.07, 6.45) is 5.16. The maximum atomic E-state index is 4.76. The minimum absolute atomic E-state index is 0.689. The quantitative estimate of drug-likeness (QED) is 0.904. The van der Waals surface area contributed by atoms with Crippen molar-refractivity contribution in [1.29, 1.82) is 0 Å². The first-order valence-electron chi connectivity index (χ1n) is 8.56. The molecule has 1 fully saturated rings. The monoisotopic (exact) mass is 310 g/mol. The van der Waals surface area contributed by atoms with Gasteiger partial charge in [-0.25, -0.2) is 4.98 Å². The number of nitrogens with one attached hydrogen (secondary N) is 1. The molecule has 0 bridgehead atoms. The van der Waals surface area contributed by atoms with Crippen molar-refractivity contribution in [3.05, 3.63) is 41.1 Å². The van der Waals surface area contributed by atoms with Crippen molar-refractivity contribution in [1.82, 2.24) is 9.97 Å². The largest absolute Gasteiger partial charge is 0.356 e. The van der Waals surface area contributed by atoms with Gasteiger partial charge < -0.3 is 10.2 Å². The van der Waals surface area contributed by atoms with Crippen molar-refractivity contribution in [3.63, 3.8) is 0 Å². The fourth-order valence-corrected chi connectivity index (χ4v) is 3.25. The lowest BCUT2D eigenvalue weighted by Gasteiger charge is -2.22. The molecule has 4 nitrogen and oxygen atoms in total. The topological polar surface area (TPSA) is 41.1 Å². The molecule has 0 unspecified atom stereocenters. The van der Waals surface area contributed by atoms with E-state index in [1.807, 2.05) is 6.92 Å². The van der Waals surface area contributed by atoms with E-state index in [4.69, 9.17) is 4.98 Å². The van der Waals surface area contributed by atoms with Crippen LogP contribution in [0.15, 0.2) is 24.3 Å². The lowest BCUT2D eigenvalue weighted by molar-refractivity contribution is 0.726. The van der Waals surface area contributed by atoms with E-state index < -0.39 is 0 Å². The van der Waals surface area contributed by atoms with Crippen molar-refractivity contribution in [3.8, 4) is 0 Å². The number of hydrogen-bond acceptors (Lipinski definition) is 4. The van der Waals surface area contributed by atoms with Gasteiger partial charge >= 0.3 is 0 Å². The predicted molar refractivity (Wildman–Crippen MR) is 96.6 cm³/mol. The number of rotatable bonds is 3. The van der Waals surface area contributed by atoms with Crippen LogP contribution in [0.3, 0.4) is 0 Å². The van der Waals surface area contributed by atoms with Gasteiger partial charge in [-0.3, -0.25) is 0 Å². The highest BCUT2D eigenvalue weighted by atomic mass is 15.2. The molecule has 122 valence electrons. The predicted octanol–water partition coefficient (Wildman–Crippen LogP) is 4.53. The smallest absolute Gasteiger partial charge is 0.229 e. The Labute approximate surface area is 139 Å². The molecule has 1 aromatic carbocycles. The van der Waals surface area contributed by atoms with Crippen LogP contribution in [-0.4, -0.2) is 23.1 Å². The molecule has 3 rings (SSSR count). The zero-order chi connectivity index (χ0) is 16.2. The maximum Gasteiger partial charge on any atom is 0.229 e. The standard InChI is InChI=1S/C19H26N4/c1-14-10-15(2)12-17(11-14)21-19-20-16(3)13-18(22-19)23-8-6-4-5-7-9-23/h10-13H,4-9H2,1-3H3,(H,20,21,22). The summed E-state index contributed by atoms with van der Waals surface area (Å²) in [4.78, 5) is 11.7. The molecule has 2 aromatic rings. The highest BCUT2D eigenvalue weighted by Gasteiger charge is 2.13. The van der Waals surface area contributed by atoms with Gasteiger partial charge in [0.15, 0.2) is 0 Å². The minimum atomic E-state index is 0.689. The van der Waals surface area contributed by atoms with Gasteiger partial charge in [0, 0.05) is 30.5 Å². The van der Waals surface area contributed by atoms with Gasteiger partial charge in [0.25, 0.3) is 0 Å². The molecule has 23 heavy (non-hydrogen) atoms. The first kappa shape index (κ1) is 15.8. The number of aromatic nitrogens is 2. The lowest BCUT2D eigenvalue weighted by atomic mass is 10.1. The third-order valence-corrected chi connectivity index (χ3v) is 4.25. The van der Waals surface area contributed by atoms with Crippen molar-refractivity contribution in [2.45, 2.75) is 46.5 Å². The van der Waals surface area contributed by atoms with Crippen molar-refractivity contribution in [2.75, 3.05) is 23.3 Å². The zero-order valence-electron chi connectivity index (χ0n) is 14.4. The molecular weight excluding hydrogens is 284 g/mol. The van der Waals surface area contributed by atoms with Gasteiger partial charge in [-0.15, -0.1) is 0 Å². The van der Waals surface area contributed by atoms with Crippen LogP contribution in [0.4, 0.5) is 17.5 Å². The Morgan fingerprint density at radius 1 is 0.826 bits per heavy atom. The maximum absolute atomic E-state index is 4.76. The van der Waals surface area contributed by atoms with E-state index in [9.17, 15) is 0 Å². The molecule has 0 saturated carbocycles. The van der Waals surface area contributed by atoms with Crippen LogP contribution in [0.1, 0.15) is 42.5 Å². The van der Waals surface area contributed by atoms with Crippen LogP contribution >= 0.6 is 0 Å². The molecule has 1 saturated heterocycles. The molecule has 0 aliphatic carbocycles. The summed E-state index contributed by atoms with van der Waals surface area (Å²) >= 11 is 0. The normalized spacial score (nSPS) is 15.3. The van der Waals surface area contributed by atoms with E-state index >= 15 is 0 Å². The van der Waals surface area contributed by atoms with Gasteiger partial charge in [-0.1, -0.05) is 18.9 Å². The molecule has 0 radical (unpaired) electrons. The van der Waals surface area contributed by atoms with E-state index in [2.05, 4.69) is 53.3 Å². The van der Waals surface area contributed by atoms with Crippen LogP contribution < -0.4 is 10.2 Å². The molecule has 1 aromatic heterocycles. The third-order valence-electron chi connectivity index (χ3n) is 4.25. The number of hydrogen-bond donors (Lipinski definition) is 1. The fraction of sp³-hybridized carbons (Fsp3) is 0.474. The number of nitrogens with zero attached hydrogens (tertiary/aromatic N) is 3. The van der Waals surface area contributed by atoms with Gasteiger partial charge in [0.05, 0.1) is 0 Å². The van der Waals surface area contributed by atoms with Crippen molar-refractivity contribution in [2.24, 2.45) is 0 Å². The lowest BCUT2D eigenvalue weighted by Crippen LogP contribution is -2.25. The van der Waals surface area contributed by atoms with Crippen LogP contribution in [0, 0.1) is 20.8 Å². The molecule has 0 spiro atoms. The van der Waals surface area contributed by atoms with Gasteiger partial charge in [-0.2, -0.15) is 4.98 Å². The molecule has 1 aliphatic rings. The summed E-state index contributed by atoms with van der Waals surface area (Å²) in [7, 11) is 0. The van der Waals surface area contributed by atoms with E-state index in [-0.39, 0.29) is 0 Å². The Morgan fingerprint density at radius 2 is 1.48 bits per heavy atom. The van der Waals surface area contributed by atoms with Crippen LogP contribution in [-0.2, 0) is 0 Å². The summed E-state index contributed by atoms with van der Waals surface area (Å²) < 4.78 is 0. The molecule has 2 heterocycles. The summed E-state index contributed by atoms with van der Waals surface area (Å²) in [6, 6.07) is 8.53. The van der Waals surface area contributed by atoms with Crippen LogP contribution in [0.2, 0.25) is 0 Å². The van der Waals surface area contributed by atoms with E-state index in [0.29, 0.717) is 5.95 Å². The van der Waals surface area contributed by atoms with Gasteiger partial charge in [0.1, 0.15) is 5.82 Å². The Balaban J connectivity index is 1.84. The first-order chi connectivity index (χ1) is 11.1. The highest BCUT2D eigenvalue weighted by molar-refractivity contribution is 5.57. The Kier molecular flexibility index (Phi) is 4.79. The average molecular weight is 310 g/mol. The second kappa shape index (κ2) is 6.99. The van der Waals surface area contributed by atoms with Crippen LogP contribution in [0.5, 0.6) is 0 Å². The minimum Gasteiger partial charge on any atom is -0.356 e. The number of anilines is 3. The summed E-state index contributed by atoms with van der Waals surface area (Å²) in [5, 5.41) is 3.37. The first-order valence-corrected chi connectivity index (χ1v) is 8.56. The third kappa shape index (κ3) is 4.21. The molecule has 1 aliphatic heterocycles. The summed E-state index contributed by atoms with van der Waals surface area (Å²) in [5.41, 5.74) is 4.54. The van der Waals surface area contributed by atoms with E-state index in [1.165, 1.54) is 36.8 Å². The summed E-state index contributed by atoms with van der Waals surface area (Å²) in [5.74, 6) is 1.74. The molecule has 1 N–H and O–H groups in total. The number of benzene rings is 1. The van der Waals surface area contributed by atoms with Gasteiger partial charge in [0.2, 0.25) is 5.95 Å². The second-order valence-corrected chi connectivity index (χ2v) is 6.59. The van der Waals surface area contributed by atoms with Crippen molar-refractivity contribution < 1.29 is 0 Å². The van der Waals surface area contributed by atoms with E-state index in [1.54, 1.807) is 0 Å². The molecule has 4 heteroatoms. The fourth-order valence-electron chi connectivity index (χ4n) is 3.25. The Bertz CT molecular complexity index is 653. The Morgan fingerprint density at radius 3 is 2.13 bits per heavy atom. The highest BCUT2D eigenvalue weighted by Crippen LogP contribution is 2.22. The molecule has 0 atom stereocenters. The van der Waals surface area contributed by atoms with Crippen LogP contribution in [0.25, 0.3) is 0 Å². The molecular formula is C19H26N4. The average Bonchev–Trinajstić information content (AvgIpc) is 2.74. The summed E-state index contributed by atoms with van der Waals surface area (Å²) in [6.45, 7) is 8.45. The SMILES string of the molecule is Cc1cc(C)cc(Nc2nc(C)cc(N3CCCCCC3)n2)c1. The Hall–Kier alpha value is -2.10.